The number of benzene rings is 3. The fourth-order valence-electron chi connectivity index (χ4n) is 2.55. The van der Waals surface area contributed by atoms with Gasteiger partial charge in [-0.2, -0.15) is 0 Å². The van der Waals surface area contributed by atoms with Crippen molar-refractivity contribution in [2.45, 2.75) is 6.92 Å². The first-order valence-electron chi connectivity index (χ1n) is 7.63. The van der Waals surface area contributed by atoms with Crippen LogP contribution < -0.4 is 20.7 Å². The Kier molecular flexibility index (Phi) is 5.05. The molecular weight excluding hydrogens is 306 g/mol. The lowest BCUT2D eigenvalue weighted by molar-refractivity contribution is 0.341. The van der Waals surface area contributed by atoms with E-state index in [4.69, 9.17) is 4.74 Å². The third kappa shape index (κ3) is 3.43. The van der Waals surface area contributed by atoms with Gasteiger partial charge in [0.25, 0.3) is 0 Å². The molecule has 0 aliphatic carbocycles. The predicted octanol–water partition coefficient (Wildman–Crippen LogP) is 3.98. The fourth-order valence-corrected chi connectivity index (χ4v) is 4.95. The molecule has 0 atom stereocenters. The Labute approximate surface area is 137 Å². The Hall–Kier alpha value is -2.18. The first-order chi connectivity index (χ1) is 11.3. The van der Waals surface area contributed by atoms with Gasteiger partial charge in [-0.3, -0.25) is 0 Å². The molecule has 0 aromatic heterocycles. The van der Waals surface area contributed by atoms with Crippen LogP contribution in [0.2, 0.25) is 0 Å². The van der Waals surface area contributed by atoms with Crippen LogP contribution in [-0.2, 0) is 0 Å². The summed E-state index contributed by atoms with van der Waals surface area (Å²) in [5, 5.41) is 2.88. The molecule has 3 aromatic rings. The van der Waals surface area contributed by atoms with E-state index in [-0.39, 0.29) is 5.82 Å². The van der Waals surface area contributed by atoms with E-state index in [0.717, 1.165) is 10.6 Å². The maximum Gasteiger partial charge on any atom is 0.135 e. The second kappa shape index (κ2) is 7.39. The van der Waals surface area contributed by atoms with Gasteiger partial charge in [-0.05, 0) is 37.6 Å². The average molecular weight is 324 g/mol. The molecule has 1 nitrogen and oxygen atoms in total. The van der Waals surface area contributed by atoms with Crippen LogP contribution in [0.1, 0.15) is 6.92 Å². The van der Waals surface area contributed by atoms with Crippen molar-refractivity contribution in [1.29, 1.82) is 0 Å². The summed E-state index contributed by atoms with van der Waals surface area (Å²) in [6.07, 6.45) is 0. The molecule has 3 heteroatoms. The molecule has 0 amide bonds. The minimum absolute atomic E-state index is 0.213. The van der Waals surface area contributed by atoms with Crippen molar-refractivity contribution in [2.24, 2.45) is 0 Å². The number of hydrogen-bond acceptors (Lipinski definition) is 1. The van der Waals surface area contributed by atoms with Crippen LogP contribution in [0.3, 0.4) is 0 Å². The Bertz CT molecular complexity index is 720. The van der Waals surface area contributed by atoms with Crippen LogP contribution in [0.15, 0.2) is 78.9 Å². The quantitative estimate of drug-likeness (QED) is 0.645. The number of hydrogen-bond donors (Lipinski definition) is 0. The number of halogens is 1. The summed E-state index contributed by atoms with van der Waals surface area (Å²) >= 11 is 0. The second-order valence-electron chi connectivity index (χ2n) is 5.03. The van der Waals surface area contributed by atoms with Crippen LogP contribution in [0.25, 0.3) is 0 Å². The summed E-state index contributed by atoms with van der Waals surface area (Å²) < 4.78 is 20.4. The maximum absolute atomic E-state index is 14.7. The molecule has 3 aromatic carbocycles. The Morgan fingerprint density at radius 2 is 1.35 bits per heavy atom. The molecule has 0 aliphatic heterocycles. The summed E-state index contributed by atoms with van der Waals surface area (Å²) in [6.45, 7) is 2.44. The van der Waals surface area contributed by atoms with Crippen molar-refractivity contribution in [1.82, 2.24) is 0 Å². The molecule has 23 heavy (non-hydrogen) atoms. The van der Waals surface area contributed by atoms with Gasteiger partial charge in [-0.1, -0.05) is 66.7 Å². The van der Waals surface area contributed by atoms with Crippen LogP contribution in [0.4, 0.5) is 4.39 Å². The highest BCUT2D eigenvalue weighted by atomic mass is 31.1. The molecule has 0 saturated carbocycles. The first-order valence-corrected chi connectivity index (χ1v) is 8.97. The van der Waals surface area contributed by atoms with E-state index in [1.807, 2.05) is 49.4 Å². The molecule has 0 unspecified atom stereocenters. The van der Waals surface area contributed by atoms with Crippen molar-refractivity contribution in [2.75, 3.05) is 6.61 Å². The van der Waals surface area contributed by atoms with Gasteiger partial charge in [0.05, 0.1) is 11.9 Å². The van der Waals surface area contributed by atoms with Gasteiger partial charge in [0.2, 0.25) is 0 Å². The van der Waals surface area contributed by atoms with E-state index in [1.165, 1.54) is 6.07 Å². The predicted molar refractivity (Wildman–Crippen MR) is 96.3 cm³/mol. The number of rotatable bonds is 5. The standard InChI is InChI=1S/C20H18FOP/c1-2-22-19-15-9-14-18(21)20(19)23(16-10-5-3-6-11-16)17-12-7-4-8-13-17/h3-15H,2H2,1H3. The zero-order chi connectivity index (χ0) is 16.1. The van der Waals surface area contributed by atoms with Crippen LogP contribution in [-0.4, -0.2) is 6.61 Å². The zero-order valence-corrected chi connectivity index (χ0v) is 13.8. The summed E-state index contributed by atoms with van der Waals surface area (Å²) in [7, 11) is -0.999. The van der Waals surface area contributed by atoms with Crippen molar-refractivity contribution in [3.8, 4) is 5.75 Å². The van der Waals surface area contributed by atoms with E-state index in [0.29, 0.717) is 17.7 Å². The highest BCUT2D eigenvalue weighted by molar-refractivity contribution is 7.80. The van der Waals surface area contributed by atoms with Crippen molar-refractivity contribution >= 4 is 23.8 Å². The van der Waals surface area contributed by atoms with E-state index < -0.39 is 7.92 Å². The molecular formula is C20H18FOP. The van der Waals surface area contributed by atoms with E-state index in [2.05, 4.69) is 24.3 Å². The van der Waals surface area contributed by atoms with E-state index >= 15 is 0 Å². The van der Waals surface area contributed by atoms with Gasteiger partial charge >= 0.3 is 0 Å². The molecule has 116 valence electrons. The van der Waals surface area contributed by atoms with Crippen molar-refractivity contribution in [3.05, 3.63) is 84.7 Å². The van der Waals surface area contributed by atoms with Gasteiger partial charge in [0.1, 0.15) is 11.6 Å². The highest BCUT2D eigenvalue weighted by Gasteiger charge is 2.23. The molecule has 0 bridgehead atoms. The Morgan fingerprint density at radius 3 is 1.87 bits per heavy atom. The van der Waals surface area contributed by atoms with E-state index in [9.17, 15) is 4.39 Å². The summed E-state index contributed by atoms with van der Waals surface area (Å²) in [4.78, 5) is 0. The smallest absolute Gasteiger partial charge is 0.135 e. The van der Waals surface area contributed by atoms with Crippen molar-refractivity contribution in [3.63, 3.8) is 0 Å². The lowest BCUT2D eigenvalue weighted by Gasteiger charge is -2.22. The van der Waals surface area contributed by atoms with Crippen LogP contribution in [0, 0.1) is 5.82 Å². The molecule has 0 heterocycles. The van der Waals surface area contributed by atoms with Crippen LogP contribution in [0.5, 0.6) is 5.75 Å². The lowest BCUT2D eigenvalue weighted by atomic mass is 10.3. The van der Waals surface area contributed by atoms with Gasteiger partial charge in [-0.15, -0.1) is 0 Å². The topological polar surface area (TPSA) is 9.23 Å². The fraction of sp³-hybridized carbons (Fsp3) is 0.100. The maximum atomic E-state index is 14.7. The SMILES string of the molecule is CCOc1cccc(F)c1P(c1ccccc1)c1ccccc1. The summed E-state index contributed by atoms with van der Waals surface area (Å²) in [5.74, 6) is 0.418. The van der Waals surface area contributed by atoms with Gasteiger partial charge in [0, 0.05) is 0 Å². The largest absolute Gasteiger partial charge is 0.493 e. The van der Waals surface area contributed by atoms with Gasteiger partial charge in [0.15, 0.2) is 0 Å². The third-order valence-corrected chi connectivity index (χ3v) is 6.01. The van der Waals surface area contributed by atoms with E-state index in [1.54, 1.807) is 6.07 Å². The minimum atomic E-state index is -0.999. The summed E-state index contributed by atoms with van der Waals surface area (Å²) in [6, 6.07) is 25.2. The van der Waals surface area contributed by atoms with Crippen molar-refractivity contribution < 1.29 is 9.13 Å². The Balaban J connectivity index is 2.21. The normalized spacial score (nSPS) is 10.7. The molecule has 0 aliphatic rings. The molecule has 0 fully saturated rings. The molecule has 3 rings (SSSR count). The van der Waals surface area contributed by atoms with Crippen LogP contribution >= 0.6 is 7.92 Å². The molecule has 0 N–H and O–H groups in total. The highest BCUT2D eigenvalue weighted by Crippen LogP contribution is 2.37. The average Bonchev–Trinajstić information content (AvgIpc) is 2.60. The third-order valence-electron chi connectivity index (χ3n) is 3.50. The lowest BCUT2D eigenvalue weighted by Crippen LogP contribution is -2.24. The monoisotopic (exact) mass is 324 g/mol. The molecule has 0 spiro atoms. The molecule has 0 radical (unpaired) electrons. The summed E-state index contributed by atoms with van der Waals surface area (Å²) in [5.41, 5.74) is 0. The Morgan fingerprint density at radius 1 is 0.783 bits per heavy atom. The molecule has 0 saturated heterocycles. The zero-order valence-electron chi connectivity index (χ0n) is 12.9. The van der Waals surface area contributed by atoms with Gasteiger partial charge in [-0.25, -0.2) is 4.39 Å². The first kappa shape index (κ1) is 15.7. The second-order valence-corrected chi connectivity index (χ2v) is 7.18. The number of ether oxygens (including phenoxy) is 1. The van der Waals surface area contributed by atoms with Gasteiger partial charge < -0.3 is 4.74 Å². The minimum Gasteiger partial charge on any atom is -0.493 e.